The third-order valence-electron chi connectivity index (χ3n) is 5.48. The maximum Gasteiger partial charge on any atom is 0.228 e. The van der Waals surface area contributed by atoms with Gasteiger partial charge in [-0.2, -0.15) is 20.2 Å². The van der Waals surface area contributed by atoms with Crippen LogP contribution in [-0.4, -0.2) is 62.7 Å². The molecule has 9 heteroatoms. The highest BCUT2D eigenvalue weighted by Gasteiger charge is 2.24. The van der Waals surface area contributed by atoms with Crippen LogP contribution < -0.4 is 10.1 Å². The van der Waals surface area contributed by atoms with E-state index in [1.54, 1.807) is 18.2 Å². The Hall–Kier alpha value is -3.75. The first-order valence-corrected chi connectivity index (χ1v) is 9.78. The van der Waals surface area contributed by atoms with E-state index in [0.29, 0.717) is 30.4 Å². The average molecular weight is 403 g/mol. The molecule has 1 aliphatic rings. The Kier molecular flexibility index (Phi) is 4.42. The summed E-state index contributed by atoms with van der Waals surface area (Å²) < 4.78 is 5.61. The van der Waals surface area contributed by atoms with Gasteiger partial charge < -0.3 is 19.9 Å². The molecule has 1 aromatic carbocycles. The van der Waals surface area contributed by atoms with Crippen LogP contribution in [0.15, 0.2) is 36.7 Å². The predicted molar refractivity (Wildman–Crippen MR) is 113 cm³/mol. The normalized spacial score (nSPS) is 16.9. The summed E-state index contributed by atoms with van der Waals surface area (Å²) in [5.41, 5.74) is 3.49. The number of aromatic nitrogens is 5. The van der Waals surface area contributed by atoms with Crippen LogP contribution >= 0.6 is 0 Å². The molecule has 1 aliphatic heterocycles. The number of H-pyrrole nitrogens is 1. The minimum absolute atomic E-state index is 0.103. The van der Waals surface area contributed by atoms with Crippen molar-refractivity contribution in [2.75, 3.05) is 26.0 Å². The molecule has 5 rings (SSSR count). The van der Waals surface area contributed by atoms with Gasteiger partial charge in [0, 0.05) is 43.2 Å². The Bertz CT molecular complexity index is 1250. The second-order valence-corrected chi connectivity index (χ2v) is 7.44. The standard InChI is InChI=1S/C21H21N7O2/c1-28-11-14(4-6-17(28)29)24-21-25-19-18(20(26-21)30-2)15(10-22-19)12-3-5-16-13(9-12)7-8-23-27-16/h3,5,7-10,14H,4,6,11H2,1-2H3,(H2,22,24,25,26)/t14-/m0/s1. The molecule has 1 saturated heterocycles. The minimum atomic E-state index is 0.103. The largest absolute Gasteiger partial charge is 0.480 e. The molecular formula is C21H21N7O2. The number of hydrogen-bond donors (Lipinski definition) is 2. The van der Waals surface area contributed by atoms with Crippen LogP contribution in [0, 0.1) is 0 Å². The molecule has 0 bridgehead atoms. The van der Waals surface area contributed by atoms with E-state index in [0.717, 1.165) is 33.8 Å². The summed E-state index contributed by atoms with van der Waals surface area (Å²) >= 11 is 0. The molecule has 1 fully saturated rings. The molecule has 0 aliphatic carbocycles. The molecule has 9 nitrogen and oxygen atoms in total. The summed E-state index contributed by atoms with van der Waals surface area (Å²) in [5, 5.41) is 13.2. The Morgan fingerprint density at radius 3 is 3.00 bits per heavy atom. The Balaban J connectivity index is 1.52. The van der Waals surface area contributed by atoms with Crippen LogP contribution in [0.25, 0.3) is 33.1 Å². The van der Waals surface area contributed by atoms with Crippen molar-refractivity contribution in [1.29, 1.82) is 0 Å². The topological polar surface area (TPSA) is 109 Å². The van der Waals surface area contributed by atoms with Gasteiger partial charge in [-0.15, -0.1) is 0 Å². The average Bonchev–Trinajstić information content (AvgIpc) is 3.19. The molecule has 30 heavy (non-hydrogen) atoms. The van der Waals surface area contributed by atoms with Gasteiger partial charge in [0.05, 0.1) is 24.2 Å². The number of hydrogen-bond acceptors (Lipinski definition) is 7. The van der Waals surface area contributed by atoms with Crippen LogP contribution in [0.3, 0.4) is 0 Å². The molecule has 0 saturated carbocycles. The van der Waals surface area contributed by atoms with Gasteiger partial charge in [0.15, 0.2) is 0 Å². The maximum atomic E-state index is 11.7. The van der Waals surface area contributed by atoms with E-state index >= 15 is 0 Å². The lowest BCUT2D eigenvalue weighted by molar-refractivity contribution is -0.132. The third-order valence-corrected chi connectivity index (χ3v) is 5.48. The first-order valence-electron chi connectivity index (χ1n) is 9.78. The third kappa shape index (κ3) is 3.18. The fourth-order valence-corrected chi connectivity index (χ4v) is 3.91. The van der Waals surface area contributed by atoms with Crippen molar-refractivity contribution >= 4 is 33.8 Å². The van der Waals surface area contributed by atoms with Crippen LogP contribution in [0.4, 0.5) is 5.95 Å². The fourth-order valence-electron chi connectivity index (χ4n) is 3.91. The van der Waals surface area contributed by atoms with E-state index in [1.165, 1.54) is 0 Å². The summed E-state index contributed by atoms with van der Waals surface area (Å²) in [6, 6.07) is 8.04. The quantitative estimate of drug-likeness (QED) is 0.539. The summed E-state index contributed by atoms with van der Waals surface area (Å²) in [6.45, 7) is 0.624. The van der Waals surface area contributed by atoms with Gasteiger partial charge in [-0.3, -0.25) is 4.79 Å². The Morgan fingerprint density at radius 1 is 1.27 bits per heavy atom. The zero-order valence-corrected chi connectivity index (χ0v) is 16.7. The van der Waals surface area contributed by atoms with E-state index in [-0.39, 0.29) is 11.9 Å². The van der Waals surface area contributed by atoms with Gasteiger partial charge in [0.25, 0.3) is 0 Å². The number of nitrogens with zero attached hydrogens (tertiary/aromatic N) is 5. The Labute approximate surface area is 172 Å². The molecular weight excluding hydrogens is 382 g/mol. The van der Waals surface area contributed by atoms with Gasteiger partial charge in [-0.1, -0.05) is 6.07 Å². The highest BCUT2D eigenvalue weighted by molar-refractivity contribution is 5.99. The number of benzene rings is 1. The summed E-state index contributed by atoms with van der Waals surface area (Å²) in [6.07, 6.45) is 4.86. The van der Waals surface area contributed by atoms with E-state index in [1.807, 2.05) is 31.4 Å². The molecule has 2 N–H and O–H groups in total. The number of anilines is 1. The highest BCUT2D eigenvalue weighted by Crippen LogP contribution is 2.35. The maximum absolute atomic E-state index is 11.7. The van der Waals surface area contributed by atoms with E-state index in [9.17, 15) is 4.79 Å². The van der Waals surface area contributed by atoms with E-state index < -0.39 is 0 Å². The number of fused-ring (bicyclic) bond motifs is 2. The molecule has 4 heterocycles. The number of aromatic amines is 1. The smallest absolute Gasteiger partial charge is 0.228 e. The number of methoxy groups -OCH3 is 1. The van der Waals surface area contributed by atoms with Crippen LogP contribution in [-0.2, 0) is 4.79 Å². The van der Waals surface area contributed by atoms with Crippen LogP contribution in [0.2, 0.25) is 0 Å². The van der Waals surface area contributed by atoms with Gasteiger partial charge >= 0.3 is 0 Å². The second kappa shape index (κ2) is 7.25. The van der Waals surface area contributed by atoms with Gasteiger partial charge in [-0.25, -0.2) is 0 Å². The van der Waals surface area contributed by atoms with Crippen molar-refractivity contribution in [2.45, 2.75) is 18.9 Å². The van der Waals surface area contributed by atoms with Gasteiger partial charge in [0.1, 0.15) is 5.65 Å². The summed E-state index contributed by atoms with van der Waals surface area (Å²) in [4.78, 5) is 25.9. The van der Waals surface area contributed by atoms with Crippen molar-refractivity contribution in [3.05, 3.63) is 36.7 Å². The number of likely N-dealkylation sites (tertiary alicyclic amines) is 1. The van der Waals surface area contributed by atoms with Crippen molar-refractivity contribution in [1.82, 2.24) is 30.0 Å². The monoisotopic (exact) mass is 403 g/mol. The lowest BCUT2D eigenvalue weighted by atomic mass is 10.0. The lowest BCUT2D eigenvalue weighted by Gasteiger charge is -2.30. The SMILES string of the molecule is COc1nc(N[C@H]2CCC(=O)N(C)C2)nc2[nH]cc(-c3ccc4nnccc4c3)c12. The molecule has 152 valence electrons. The van der Waals surface area contributed by atoms with Gasteiger partial charge in [-0.05, 0) is 30.2 Å². The first-order chi connectivity index (χ1) is 14.6. The molecule has 0 unspecified atom stereocenters. The molecule has 1 amide bonds. The number of amides is 1. The zero-order chi connectivity index (χ0) is 20.7. The lowest BCUT2D eigenvalue weighted by Crippen LogP contribution is -2.43. The van der Waals surface area contributed by atoms with E-state index in [2.05, 4.69) is 36.5 Å². The van der Waals surface area contributed by atoms with Crippen LogP contribution in [0.5, 0.6) is 5.88 Å². The predicted octanol–water partition coefficient (Wildman–Crippen LogP) is 2.61. The zero-order valence-electron chi connectivity index (χ0n) is 16.7. The fraction of sp³-hybridized carbons (Fsp3) is 0.286. The highest BCUT2D eigenvalue weighted by atomic mass is 16.5. The number of likely N-dealkylation sites (N-methyl/N-ethyl adjacent to an activating group) is 1. The number of piperidine rings is 1. The van der Waals surface area contributed by atoms with Crippen LogP contribution in [0.1, 0.15) is 12.8 Å². The molecule has 0 radical (unpaired) electrons. The molecule has 1 atom stereocenters. The number of rotatable bonds is 4. The number of carbonyl (C=O) groups excluding carboxylic acids is 1. The number of ether oxygens (including phenoxy) is 1. The Morgan fingerprint density at radius 2 is 2.17 bits per heavy atom. The van der Waals surface area contributed by atoms with Crippen molar-refractivity contribution in [2.24, 2.45) is 0 Å². The summed E-state index contributed by atoms with van der Waals surface area (Å²) in [7, 11) is 3.42. The number of nitrogens with one attached hydrogen (secondary N) is 2. The molecule has 3 aromatic heterocycles. The van der Waals surface area contributed by atoms with Gasteiger partial charge in [0.2, 0.25) is 17.7 Å². The van der Waals surface area contributed by atoms with E-state index in [4.69, 9.17) is 4.74 Å². The van der Waals surface area contributed by atoms with Crippen molar-refractivity contribution in [3.8, 4) is 17.0 Å². The van der Waals surface area contributed by atoms with Crippen molar-refractivity contribution in [3.63, 3.8) is 0 Å². The molecule has 0 spiro atoms. The molecule has 4 aromatic rings. The first kappa shape index (κ1) is 18.3. The number of carbonyl (C=O) groups is 1. The second-order valence-electron chi connectivity index (χ2n) is 7.44. The minimum Gasteiger partial charge on any atom is -0.480 e. The summed E-state index contributed by atoms with van der Waals surface area (Å²) in [5.74, 6) is 1.14. The van der Waals surface area contributed by atoms with Crippen molar-refractivity contribution < 1.29 is 9.53 Å².